The zero-order valence-electron chi connectivity index (χ0n) is 10.0. The normalized spacial score (nSPS) is 32.0. The molecule has 1 saturated carbocycles. The molecule has 1 aliphatic heterocycles. The van der Waals surface area contributed by atoms with Gasteiger partial charge in [-0.3, -0.25) is 4.79 Å². The molecule has 1 aromatic carbocycles. The van der Waals surface area contributed by atoms with Crippen LogP contribution in [0.2, 0.25) is 0 Å². The van der Waals surface area contributed by atoms with Gasteiger partial charge in [0.25, 0.3) is 0 Å². The minimum Gasteiger partial charge on any atom is -0.465 e. The Morgan fingerprint density at radius 1 is 1.24 bits per heavy atom. The SMILES string of the molecule is O=C1OC[C@H]2CCCC[C@@]12Cc1ccccc1. The molecule has 2 nitrogen and oxygen atoms in total. The van der Waals surface area contributed by atoms with Gasteiger partial charge in [-0.15, -0.1) is 0 Å². The Morgan fingerprint density at radius 2 is 2.06 bits per heavy atom. The van der Waals surface area contributed by atoms with Crippen molar-refractivity contribution in [3.8, 4) is 0 Å². The van der Waals surface area contributed by atoms with E-state index in [4.69, 9.17) is 4.74 Å². The fourth-order valence-corrected chi connectivity index (χ4v) is 3.41. The van der Waals surface area contributed by atoms with E-state index in [9.17, 15) is 4.79 Å². The first-order chi connectivity index (χ1) is 8.31. The van der Waals surface area contributed by atoms with Gasteiger partial charge in [-0.1, -0.05) is 43.2 Å². The molecule has 0 amide bonds. The number of benzene rings is 1. The second-order valence-corrected chi connectivity index (χ2v) is 5.36. The highest BCUT2D eigenvalue weighted by atomic mass is 16.5. The molecular formula is C15H18O2. The van der Waals surface area contributed by atoms with Crippen LogP contribution in [0.3, 0.4) is 0 Å². The molecule has 0 bridgehead atoms. The molecule has 0 radical (unpaired) electrons. The predicted octanol–water partition coefficient (Wildman–Crippen LogP) is 2.96. The second kappa shape index (κ2) is 4.17. The maximum atomic E-state index is 12.1. The highest BCUT2D eigenvalue weighted by Gasteiger charge is 2.52. The molecule has 17 heavy (non-hydrogen) atoms. The van der Waals surface area contributed by atoms with E-state index in [0.29, 0.717) is 12.5 Å². The Hall–Kier alpha value is -1.31. The third-order valence-electron chi connectivity index (χ3n) is 4.39. The van der Waals surface area contributed by atoms with Gasteiger partial charge in [0.15, 0.2) is 0 Å². The smallest absolute Gasteiger partial charge is 0.312 e. The summed E-state index contributed by atoms with van der Waals surface area (Å²) in [5.41, 5.74) is 1.05. The quantitative estimate of drug-likeness (QED) is 0.730. The van der Waals surface area contributed by atoms with Crippen molar-refractivity contribution < 1.29 is 9.53 Å². The molecule has 1 heterocycles. The lowest BCUT2D eigenvalue weighted by Gasteiger charge is -2.35. The van der Waals surface area contributed by atoms with Gasteiger partial charge in [-0.25, -0.2) is 0 Å². The van der Waals surface area contributed by atoms with Gasteiger partial charge in [0.05, 0.1) is 12.0 Å². The van der Waals surface area contributed by atoms with Crippen LogP contribution in [0.1, 0.15) is 31.2 Å². The van der Waals surface area contributed by atoms with Gasteiger partial charge in [-0.2, -0.15) is 0 Å². The first kappa shape index (κ1) is 10.8. The van der Waals surface area contributed by atoms with E-state index in [1.165, 1.54) is 18.4 Å². The number of cyclic esters (lactones) is 1. The van der Waals surface area contributed by atoms with E-state index < -0.39 is 0 Å². The largest absolute Gasteiger partial charge is 0.465 e. The van der Waals surface area contributed by atoms with Crippen molar-refractivity contribution in [2.45, 2.75) is 32.1 Å². The monoisotopic (exact) mass is 230 g/mol. The summed E-state index contributed by atoms with van der Waals surface area (Å²) in [5.74, 6) is 0.495. The zero-order chi connectivity index (χ0) is 11.7. The van der Waals surface area contributed by atoms with Crippen LogP contribution in [0.25, 0.3) is 0 Å². The predicted molar refractivity (Wildman–Crippen MR) is 65.5 cm³/mol. The number of fused-ring (bicyclic) bond motifs is 1. The Morgan fingerprint density at radius 3 is 2.88 bits per heavy atom. The lowest BCUT2D eigenvalue weighted by Crippen LogP contribution is -2.38. The summed E-state index contributed by atoms with van der Waals surface area (Å²) in [6.45, 7) is 0.645. The summed E-state index contributed by atoms with van der Waals surface area (Å²) in [5, 5.41) is 0. The van der Waals surface area contributed by atoms with Crippen LogP contribution < -0.4 is 0 Å². The van der Waals surface area contributed by atoms with Gasteiger partial charge >= 0.3 is 5.97 Å². The van der Waals surface area contributed by atoms with E-state index >= 15 is 0 Å². The van der Waals surface area contributed by atoms with Crippen LogP contribution in [0, 0.1) is 11.3 Å². The number of rotatable bonds is 2. The minimum absolute atomic E-state index is 0.0473. The molecule has 0 spiro atoms. The standard InChI is InChI=1S/C15H18O2/c16-14-15(10-12-6-2-1-3-7-12)9-5-4-8-13(15)11-17-14/h1-3,6-7,13H,4-5,8-11H2/t13-,15+/m1/s1. The van der Waals surface area contributed by atoms with E-state index in [2.05, 4.69) is 12.1 Å². The number of hydrogen-bond acceptors (Lipinski definition) is 2. The van der Waals surface area contributed by atoms with Crippen LogP contribution in [-0.2, 0) is 16.0 Å². The van der Waals surface area contributed by atoms with Crippen LogP contribution in [0.5, 0.6) is 0 Å². The molecule has 3 rings (SSSR count). The summed E-state index contributed by atoms with van der Waals surface area (Å²) >= 11 is 0. The lowest BCUT2D eigenvalue weighted by molar-refractivity contribution is -0.147. The average Bonchev–Trinajstić information content (AvgIpc) is 2.69. The summed E-state index contributed by atoms with van der Waals surface area (Å²) in [7, 11) is 0. The molecule has 1 aliphatic carbocycles. The maximum absolute atomic E-state index is 12.1. The van der Waals surface area contributed by atoms with Crippen LogP contribution in [-0.4, -0.2) is 12.6 Å². The molecule has 1 saturated heterocycles. The number of carbonyl (C=O) groups is 1. The zero-order valence-corrected chi connectivity index (χ0v) is 10.0. The first-order valence-corrected chi connectivity index (χ1v) is 6.52. The molecule has 2 fully saturated rings. The minimum atomic E-state index is -0.209. The van der Waals surface area contributed by atoms with E-state index in [1.54, 1.807) is 0 Å². The van der Waals surface area contributed by atoms with Crippen LogP contribution >= 0.6 is 0 Å². The molecule has 1 aromatic rings. The summed E-state index contributed by atoms with van der Waals surface area (Å²) in [6.07, 6.45) is 5.43. The molecule has 0 N–H and O–H groups in total. The van der Waals surface area contributed by atoms with Crippen molar-refractivity contribution in [3.05, 3.63) is 35.9 Å². The third-order valence-corrected chi connectivity index (χ3v) is 4.39. The topological polar surface area (TPSA) is 26.3 Å². The van der Waals surface area contributed by atoms with Crippen molar-refractivity contribution >= 4 is 5.97 Å². The number of carbonyl (C=O) groups excluding carboxylic acids is 1. The Balaban J connectivity index is 1.89. The third kappa shape index (κ3) is 1.76. The van der Waals surface area contributed by atoms with E-state index in [-0.39, 0.29) is 11.4 Å². The van der Waals surface area contributed by atoms with Crippen LogP contribution in [0.4, 0.5) is 0 Å². The fraction of sp³-hybridized carbons (Fsp3) is 0.533. The van der Waals surface area contributed by atoms with Crippen molar-refractivity contribution in [1.82, 2.24) is 0 Å². The summed E-state index contributed by atoms with van der Waals surface area (Å²) < 4.78 is 5.34. The fourth-order valence-electron chi connectivity index (χ4n) is 3.41. The highest BCUT2D eigenvalue weighted by molar-refractivity contribution is 5.79. The van der Waals surface area contributed by atoms with Gasteiger partial charge in [0.1, 0.15) is 0 Å². The Labute approximate surface area is 102 Å². The lowest BCUT2D eigenvalue weighted by atomic mass is 9.65. The molecule has 2 heteroatoms. The van der Waals surface area contributed by atoms with Crippen molar-refractivity contribution in [2.24, 2.45) is 11.3 Å². The molecule has 90 valence electrons. The van der Waals surface area contributed by atoms with Crippen LogP contribution in [0.15, 0.2) is 30.3 Å². The van der Waals surface area contributed by atoms with Crippen molar-refractivity contribution in [1.29, 1.82) is 0 Å². The van der Waals surface area contributed by atoms with Gasteiger partial charge in [0, 0.05) is 5.92 Å². The van der Waals surface area contributed by atoms with E-state index in [1.807, 2.05) is 18.2 Å². The molecule has 0 unspecified atom stereocenters. The Bertz CT molecular complexity index is 412. The van der Waals surface area contributed by atoms with E-state index in [0.717, 1.165) is 19.3 Å². The molecule has 2 atom stereocenters. The number of hydrogen-bond donors (Lipinski definition) is 0. The number of ether oxygens (including phenoxy) is 1. The second-order valence-electron chi connectivity index (χ2n) is 5.36. The van der Waals surface area contributed by atoms with Crippen molar-refractivity contribution in [2.75, 3.05) is 6.61 Å². The van der Waals surface area contributed by atoms with Gasteiger partial charge in [0.2, 0.25) is 0 Å². The van der Waals surface area contributed by atoms with Gasteiger partial charge in [-0.05, 0) is 24.8 Å². The highest BCUT2D eigenvalue weighted by Crippen LogP contribution is 2.48. The number of esters is 1. The van der Waals surface area contributed by atoms with Crippen molar-refractivity contribution in [3.63, 3.8) is 0 Å². The molecule has 0 aromatic heterocycles. The molecule has 2 aliphatic rings. The maximum Gasteiger partial charge on any atom is 0.312 e. The summed E-state index contributed by atoms with van der Waals surface area (Å²) in [6, 6.07) is 10.3. The first-order valence-electron chi connectivity index (χ1n) is 6.52. The summed E-state index contributed by atoms with van der Waals surface area (Å²) in [4.78, 5) is 12.1. The molecular weight excluding hydrogens is 212 g/mol. The Kier molecular flexibility index (Phi) is 2.65. The average molecular weight is 230 g/mol. The van der Waals surface area contributed by atoms with Gasteiger partial charge < -0.3 is 4.74 Å².